The molecule has 1 aliphatic heterocycles. The summed E-state index contributed by atoms with van der Waals surface area (Å²) in [5.74, 6) is 0.752. The molecule has 0 unspecified atom stereocenters. The maximum atomic E-state index is 12.7. The van der Waals surface area contributed by atoms with Crippen LogP contribution in [0.2, 0.25) is 0 Å². The fourth-order valence-electron chi connectivity index (χ4n) is 3.33. The van der Waals surface area contributed by atoms with E-state index in [-0.39, 0.29) is 16.6 Å². The highest BCUT2D eigenvalue weighted by Crippen LogP contribution is 2.24. The lowest BCUT2D eigenvalue weighted by Gasteiger charge is -2.16. The van der Waals surface area contributed by atoms with E-state index in [9.17, 15) is 13.2 Å². The molecule has 2 aromatic heterocycles. The Labute approximate surface area is 189 Å². The zero-order valence-corrected chi connectivity index (χ0v) is 19.5. The summed E-state index contributed by atoms with van der Waals surface area (Å²) in [6.07, 6.45) is 2.46. The normalized spacial score (nSPS) is 14.7. The highest BCUT2D eigenvalue weighted by molar-refractivity contribution is 7.99. The van der Waals surface area contributed by atoms with Gasteiger partial charge in [-0.2, -0.15) is 4.31 Å². The Hall–Kier alpha value is -2.21. The summed E-state index contributed by atoms with van der Waals surface area (Å²) in [6.45, 7) is 1.09. The number of anilines is 1. The zero-order valence-electron chi connectivity index (χ0n) is 17.0. The number of carbonyl (C=O) groups is 1. The maximum absolute atomic E-state index is 12.7. The Morgan fingerprint density at radius 1 is 1.19 bits per heavy atom. The van der Waals surface area contributed by atoms with Gasteiger partial charge in [0.1, 0.15) is 5.82 Å². The van der Waals surface area contributed by atoms with Crippen molar-refractivity contribution in [3.8, 4) is 0 Å². The van der Waals surface area contributed by atoms with Crippen LogP contribution < -0.4 is 5.32 Å². The Kier molecular flexibility index (Phi) is 6.75. The Morgan fingerprint density at radius 2 is 2.00 bits per heavy atom. The van der Waals surface area contributed by atoms with Crippen molar-refractivity contribution in [2.45, 2.75) is 29.3 Å². The average molecular weight is 478 g/mol. The predicted molar refractivity (Wildman–Crippen MR) is 122 cm³/mol. The van der Waals surface area contributed by atoms with Crippen molar-refractivity contribution in [3.05, 3.63) is 52.5 Å². The maximum Gasteiger partial charge on any atom is 0.243 e. The third-order valence-electron chi connectivity index (χ3n) is 4.99. The number of hydrogen-bond acceptors (Lipinski definition) is 7. The molecule has 0 aliphatic carbocycles. The highest BCUT2D eigenvalue weighted by Gasteiger charge is 2.27. The van der Waals surface area contributed by atoms with Gasteiger partial charge in [0.15, 0.2) is 5.16 Å². The molecule has 0 radical (unpaired) electrons. The van der Waals surface area contributed by atoms with E-state index in [1.807, 2.05) is 23.1 Å². The number of hydrogen-bond donors (Lipinski definition) is 1. The lowest BCUT2D eigenvalue weighted by Crippen LogP contribution is -2.28. The van der Waals surface area contributed by atoms with E-state index in [0.717, 1.165) is 18.7 Å². The molecule has 0 saturated carbocycles. The van der Waals surface area contributed by atoms with Crippen molar-refractivity contribution >= 4 is 44.7 Å². The van der Waals surface area contributed by atoms with Gasteiger partial charge in [-0.25, -0.2) is 8.42 Å². The molecule has 3 aromatic rings. The minimum atomic E-state index is -3.52. The summed E-state index contributed by atoms with van der Waals surface area (Å²) in [5.41, 5.74) is 0.460. The number of sulfonamides is 1. The molecule has 4 rings (SSSR count). The van der Waals surface area contributed by atoms with Crippen molar-refractivity contribution in [2.24, 2.45) is 7.05 Å². The molecule has 1 aromatic carbocycles. The summed E-state index contributed by atoms with van der Waals surface area (Å²) < 4.78 is 28.8. The molecule has 31 heavy (non-hydrogen) atoms. The van der Waals surface area contributed by atoms with E-state index in [2.05, 4.69) is 21.6 Å². The standard InChI is InChI=1S/C20H23N5O3S3/c1-24-18(13-16-7-5-11-29-16)22-23-20(24)30-14-19(26)21-15-6-4-8-17(12-15)31(27,28)25-9-2-3-10-25/h4-8,11-12H,2-3,9-10,13-14H2,1H3,(H,21,26). The van der Waals surface area contributed by atoms with Crippen LogP contribution >= 0.6 is 23.1 Å². The van der Waals surface area contributed by atoms with Gasteiger partial charge in [-0.3, -0.25) is 4.79 Å². The van der Waals surface area contributed by atoms with Crippen LogP contribution in [0.25, 0.3) is 0 Å². The van der Waals surface area contributed by atoms with Crippen molar-refractivity contribution in [2.75, 3.05) is 24.2 Å². The molecule has 1 saturated heterocycles. The lowest BCUT2D eigenvalue weighted by atomic mass is 10.3. The van der Waals surface area contributed by atoms with Gasteiger partial charge in [0.2, 0.25) is 15.9 Å². The van der Waals surface area contributed by atoms with E-state index in [1.165, 1.54) is 27.0 Å². The summed E-state index contributed by atoms with van der Waals surface area (Å²) in [7, 11) is -1.64. The minimum absolute atomic E-state index is 0.147. The first-order chi connectivity index (χ1) is 14.9. The Bertz CT molecular complexity index is 1150. The molecule has 1 amide bonds. The predicted octanol–water partition coefficient (Wildman–Crippen LogP) is 2.98. The van der Waals surface area contributed by atoms with Gasteiger partial charge in [-0.05, 0) is 42.5 Å². The monoisotopic (exact) mass is 477 g/mol. The number of aromatic nitrogens is 3. The van der Waals surface area contributed by atoms with Crippen molar-refractivity contribution in [3.63, 3.8) is 0 Å². The number of benzene rings is 1. The zero-order chi connectivity index (χ0) is 21.8. The van der Waals surface area contributed by atoms with Gasteiger partial charge in [0.05, 0.1) is 10.6 Å². The van der Waals surface area contributed by atoms with Gasteiger partial charge in [-0.1, -0.05) is 23.9 Å². The number of thioether (sulfide) groups is 1. The number of thiophene rings is 1. The molecule has 1 aliphatic rings. The summed E-state index contributed by atoms with van der Waals surface area (Å²) in [6, 6.07) is 10.5. The third-order valence-corrected chi connectivity index (χ3v) is 8.78. The minimum Gasteiger partial charge on any atom is -0.325 e. The number of carbonyl (C=O) groups excluding carboxylic acids is 1. The molecule has 3 heterocycles. The van der Waals surface area contributed by atoms with Crippen LogP contribution in [-0.4, -0.2) is 52.2 Å². The van der Waals surface area contributed by atoms with Crippen LogP contribution in [0, 0.1) is 0 Å². The topological polar surface area (TPSA) is 97.2 Å². The van der Waals surface area contributed by atoms with Gasteiger partial charge in [0.25, 0.3) is 0 Å². The molecule has 164 valence electrons. The molecule has 11 heteroatoms. The third kappa shape index (κ3) is 5.17. The molecule has 8 nitrogen and oxygen atoms in total. The largest absolute Gasteiger partial charge is 0.325 e. The second-order valence-corrected chi connectivity index (χ2v) is 11.1. The van der Waals surface area contributed by atoms with E-state index in [0.29, 0.717) is 30.4 Å². The molecule has 0 atom stereocenters. The van der Waals surface area contributed by atoms with Crippen LogP contribution in [0.5, 0.6) is 0 Å². The van der Waals surface area contributed by atoms with E-state index >= 15 is 0 Å². The van der Waals surface area contributed by atoms with E-state index in [1.54, 1.807) is 29.5 Å². The number of nitrogens with zero attached hydrogens (tertiary/aromatic N) is 4. The molecule has 1 fully saturated rings. The van der Waals surface area contributed by atoms with E-state index in [4.69, 9.17) is 0 Å². The van der Waals surface area contributed by atoms with Crippen LogP contribution in [0.4, 0.5) is 5.69 Å². The second-order valence-electron chi connectivity index (χ2n) is 7.19. The molecule has 0 bridgehead atoms. The molecule has 0 spiro atoms. The van der Waals surface area contributed by atoms with Gasteiger partial charge < -0.3 is 9.88 Å². The number of amides is 1. The second kappa shape index (κ2) is 9.51. The number of rotatable bonds is 8. The quantitative estimate of drug-likeness (QED) is 0.501. The summed E-state index contributed by atoms with van der Waals surface area (Å²) >= 11 is 2.96. The molecular formula is C20H23N5O3S3. The fourth-order valence-corrected chi connectivity index (χ4v) is 6.33. The van der Waals surface area contributed by atoms with Crippen LogP contribution in [-0.2, 0) is 28.3 Å². The van der Waals surface area contributed by atoms with Gasteiger partial charge in [-0.15, -0.1) is 21.5 Å². The van der Waals surface area contributed by atoms with Crippen LogP contribution in [0.1, 0.15) is 23.5 Å². The average Bonchev–Trinajstić information content (AvgIpc) is 3.51. The number of nitrogens with one attached hydrogen (secondary N) is 1. The Balaban J connectivity index is 1.36. The first-order valence-electron chi connectivity index (χ1n) is 9.87. The van der Waals surface area contributed by atoms with Crippen molar-refractivity contribution in [1.29, 1.82) is 0 Å². The smallest absolute Gasteiger partial charge is 0.243 e. The lowest BCUT2D eigenvalue weighted by molar-refractivity contribution is -0.113. The van der Waals surface area contributed by atoms with Gasteiger partial charge >= 0.3 is 0 Å². The molecule has 1 N–H and O–H groups in total. The SMILES string of the molecule is Cn1c(Cc2cccs2)nnc1SCC(=O)Nc1cccc(S(=O)(=O)N2CCCC2)c1. The first-order valence-corrected chi connectivity index (χ1v) is 13.2. The van der Waals surface area contributed by atoms with Crippen molar-refractivity contribution < 1.29 is 13.2 Å². The van der Waals surface area contributed by atoms with Crippen LogP contribution in [0.15, 0.2) is 51.8 Å². The van der Waals surface area contributed by atoms with Crippen molar-refractivity contribution in [1.82, 2.24) is 19.1 Å². The summed E-state index contributed by atoms with van der Waals surface area (Å²) in [5, 5.41) is 13.9. The highest BCUT2D eigenvalue weighted by atomic mass is 32.2. The fraction of sp³-hybridized carbons (Fsp3) is 0.350. The Morgan fingerprint density at radius 3 is 2.74 bits per heavy atom. The van der Waals surface area contributed by atoms with Gasteiger partial charge in [0, 0.05) is 37.1 Å². The molecular weight excluding hydrogens is 454 g/mol. The summed E-state index contributed by atoms with van der Waals surface area (Å²) in [4.78, 5) is 13.8. The first kappa shape index (κ1) is 22.0. The van der Waals surface area contributed by atoms with Crippen LogP contribution in [0.3, 0.4) is 0 Å². The van der Waals surface area contributed by atoms with E-state index < -0.39 is 10.0 Å².